The maximum Gasteiger partial charge on any atom is 0.410 e. The predicted octanol–water partition coefficient (Wildman–Crippen LogP) is 4.01. The largest absolute Gasteiger partial charge is 0.444 e. The summed E-state index contributed by atoms with van der Waals surface area (Å²) in [5.41, 5.74) is 2.05. The molecule has 6 heteroatoms. The molecule has 0 spiro atoms. The van der Waals surface area contributed by atoms with E-state index in [0.29, 0.717) is 32.0 Å². The molecule has 1 fully saturated rings. The Morgan fingerprint density at radius 2 is 1.77 bits per heavy atom. The third kappa shape index (κ3) is 7.63. The van der Waals surface area contributed by atoms with E-state index in [1.807, 2.05) is 34.9 Å². The van der Waals surface area contributed by atoms with Crippen LogP contribution in [0.4, 0.5) is 4.79 Å². The second-order valence-electron chi connectivity index (χ2n) is 9.49. The fourth-order valence-electron chi connectivity index (χ4n) is 3.77. The zero-order chi connectivity index (χ0) is 22.3. The molecular formula is C24H39N3O3. The molecule has 1 aromatic carbocycles. The first-order valence-electron chi connectivity index (χ1n) is 11.1. The molecule has 2 amide bonds. The Morgan fingerprint density at radius 3 is 2.27 bits per heavy atom. The highest BCUT2D eigenvalue weighted by Crippen LogP contribution is 2.23. The number of hydrogen-bond acceptors (Lipinski definition) is 4. The summed E-state index contributed by atoms with van der Waals surface area (Å²) in [7, 11) is 4.08. The molecule has 1 aliphatic rings. The fraction of sp³-hybridized carbons (Fsp3) is 0.667. The minimum atomic E-state index is -0.479. The lowest BCUT2D eigenvalue weighted by atomic mass is 9.93. The van der Waals surface area contributed by atoms with Gasteiger partial charge in [-0.1, -0.05) is 31.2 Å². The molecule has 168 valence electrons. The third-order valence-corrected chi connectivity index (χ3v) is 5.63. The molecule has 0 bridgehead atoms. The van der Waals surface area contributed by atoms with E-state index < -0.39 is 5.60 Å². The highest BCUT2D eigenvalue weighted by atomic mass is 16.6. The van der Waals surface area contributed by atoms with Crippen LogP contribution in [-0.4, -0.2) is 61.1 Å². The molecule has 1 atom stereocenters. The van der Waals surface area contributed by atoms with Crippen molar-refractivity contribution < 1.29 is 14.3 Å². The third-order valence-electron chi connectivity index (χ3n) is 5.63. The number of hydrogen-bond donors (Lipinski definition) is 1. The average molecular weight is 418 g/mol. The first-order valence-corrected chi connectivity index (χ1v) is 11.1. The summed E-state index contributed by atoms with van der Waals surface area (Å²) in [5, 5.41) is 3.12. The van der Waals surface area contributed by atoms with Crippen LogP contribution in [0.1, 0.15) is 64.1 Å². The van der Waals surface area contributed by atoms with Gasteiger partial charge in [0.05, 0.1) is 6.04 Å². The normalized spacial score (nSPS) is 16.4. The summed E-state index contributed by atoms with van der Waals surface area (Å²) in [6.07, 6.45) is 2.95. The summed E-state index contributed by atoms with van der Waals surface area (Å²) in [5.74, 6) is 0.396. The van der Waals surface area contributed by atoms with Crippen LogP contribution in [-0.2, 0) is 16.0 Å². The topological polar surface area (TPSA) is 61.9 Å². The number of benzene rings is 1. The summed E-state index contributed by atoms with van der Waals surface area (Å²) in [4.78, 5) is 28.6. The summed E-state index contributed by atoms with van der Waals surface area (Å²) >= 11 is 0. The number of carbonyl (C=O) groups excluding carboxylic acids is 2. The van der Waals surface area contributed by atoms with Gasteiger partial charge in [0.15, 0.2) is 0 Å². The lowest BCUT2D eigenvalue weighted by molar-refractivity contribution is -0.122. The van der Waals surface area contributed by atoms with Crippen molar-refractivity contribution in [3.63, 3.8) is 0 Å². The van der Waals surface area contributed by atoms with Crippen LogP contribution in [0, 0.1) is 5.92 Å². The second-order valence-corrected chi connectivity index (χ2v) is 9.49. The molecule has 30 heavy (non-hydrogen) atoms. The molecule has 1 aromatic rings. The number of likely N-dealkylation sites (N-methyl/N-ethyl adjacent to an activating group) is 1. The number of rotatable bonds is 7. The first-order chi connectivity index (χ1) is 14.1. The Kier molecular flexibility index (Phi) is 8.71. The van der Waals surface area contributed by atoms with Crippen molar-refractivity contribution in [3.05, 3.63) is 35.4 Å². The van der Waals surface area contributed by atoms with Crippen LogP contribution in [0.15, 0.2) is 24.3 Å². The van der Waals surface area contributed by atoms with Crippen molar-refractivity contribution in [1.82, 2.24) is 15.1 Å². The molecular weight excluding hydrogens is 378 g/mol. The van der Waals surface area contributed by atoms with Crippen molar-refractivity contribution in [2.75, 3.05) is 33.7 Å². The smallest absolute Gasteiger partial charge is 0.410 e. The van der Waals surface area contributed by atoms with E-state index in [9.17, 15) is 9.59 Å². The molecule has 0 aliphatic carbocycles. The van der Waals surface area contributed by atoms with E-state index in [1.165, 1.54) is 11.1 Å². The zero-order valence-corrected chi connectivity index (χ0v) is 19.5. The molecule has 0 saturated carbocycles. The predicted molar refractivity (Wildman–Crippen MR) is 120 cm³/mol. The minimum Gasteiger partial charge on any atom is -0.444 e. The van der Waals surface area contributed by atoms with Gasteiger partial charge in [-0.05, 0) is 71.2 Å². The van der Waals surface area contributed by atoms with E-state index in [0.717, 1.165) is 19.3 Å². The number of carbonyl (C=O) groups is 2. The van der Waals surface area contributed by atoms with Crippen molar-refractivity contribution in [1.29, 1.82) is 0 Å². The standard InChI is InChI=1S/C24H39N3O3/c1-7-18-8-10-20(11-9-18)21(26(5)6)17-25-22(28)16-19-12-14-27(15-13-19)23(29)30-24(2,3)4/h8-11,19,21H,7,12-17H2,1-6H3,(H,25,28). The van der Waals surface area contributed by atoms with Gasteiger partial charge in [-0.3, -0.25) is 4.79 Å². The van der Waals surface area contributed by atoms with Gasteiger partial charge >= 0.3 is 6.09 Å². The summed E-state index contributed by atoms with van der Waals surface area (Å²) in [6.45, 7) is 9.67. The SMILES string of the molecule is CCc1ccc(C(CNC(=O)CC2CCN(C(=O)OC(C)(C)C)CC2)N(C)C)cc1. The van der Waals surface area contributed by atoms with Crippen molar-refractivity contribution in [2.45, 2.75) is 65.0 Å². The number of ether oxygens (including phenoxy) is 1. The molecule has 1 N–H and O–H groups in total. The van der Waals surface area contributed by atoms with Crippen molar-refractivity contribution >= 4 is 12.0 Å². The van der Waals surface area contributed by atoms with E-state index in [1.54, 1.807) is 4.90 Å². The molecule has 1 saturated heterocycles. The minimum absolute atomic E-state index is 0.0859. The Labute approximate surface area is 182 Å². The molecule has 1 heterocycles. The van der Waals surface area contributed by atoms with Gasteiger partial charge in [-0.15, -0.1) is 0 Å². The van der Waals surface area contributed by atoms with Gasteiger partial charge in [-0.25, -0.2) is 4.79 Å². The summed E-state index contributed by atoms with van der Waals surface area (Å²) < 4.78 is 5.44. The zero-order valence-electron chi connectivity index (χ0n) is 19.5. The number of nitrogens with one attached hydrogen (secondary N) is 1. The maximum atomic E-state index is 12.5. The van der Waals surface area contributed by atoms with E-state index in [2.05, 4.69) is 41.4 Å². The number of amides is 2. The van der Waals surface area contributed by atoms with Gasteiger partial charge in [0, 0.05) is 26.1 Å². The second kappa shape index (κ2) is 10.8. The molecule has 6 nitrogen and oxygen atoms in total. The Hall–Kier alpha value is -2.08. The van der Waals surface area contributed by atoms with Crippen LogP contribution in [0.5, 0.6) is 0 Å². The highest BCUT2D eigenvalue weighted by Gasteiger charge is 2.28. The molecule has 0 aromatic heterocycles. The summed E-state index contributed by atoms with van der Waals surface area (Å²) in [6, 6.07) is 8.77. The monoisotopic (exact) mass is 417 g/mol. The van der Waals surface area contributed by atoms with Gasteiger partial charge in [0.25, 0.3) is 0 Å². The van der Waals surface area contributed by atoms with E-state index >= 15 is 0 Å². The molecule has 1 aliphatic heterocycles. The average Bonchev–Trinajstić information content (AvgIpc) is 2.67. The van der Waals surface area contributed by atoms with Crippen LogP contribution < -0.4 is 5.32 Å². The Bertz CT molecular complexity index is 687. The van der Waals surface area contributed by atoms with E-state index in [4.69, 9.17) is 4.74 Å². The number of likely N-dealkylation sites (tertiary alicyclic amines) is 1. The van der Waals surface area contributed by atoms with Gasteiger partial charge in [0.2, 0.25) is 5.91 Å². The van der Waals surface area contributed by atoms with Crippen LogP contribution in [0.3, 0.4) is 0 Å². The quantitative estimate of drug-likeness (QED) is 0.728. The van der Waals surface area contributed by atoms with Crippen molar-refractivity contribution in [3.8, 4) is 0 Å². The Morgan fingerprint density at radius 1 is 1.17 bits per heavy atom. The maximum absolute atomic E-state index is 12.5. The van der Waals surface area contributed by atoms with E-state index in [-0.39, 0.29) is 18.0 Å². The van der Waals surface area contributed by atoms with Gasteiger partial charge < -0.3 is 19.9 Å². The van der Waals surface area contributed by atoms with Crippen LogP contribution >= 0.6 is 0 Å². The molecule has 1 unspecified atom stereocenters. The lowest BCUT2D eigenvalue weighted by Crippen LogP contribution is -2.42. The van der Waals surface area contributed by atoms with Crippen LogP contribution in [0.2, 0.25) is 0 Å². The Balaban J connectivity index is 1.79. The first kappa shape index (κ1) is 24.2. The van der Waals surface area contributed by atoms with Gasteiger partial charge in [-0.2, -0.15) is 0 Å². The molecule has 2 rings (SSSR count). The number of aryl methyl sites for hydroxylation is 1. The molecule has 0 radical (unpaired) electrons. The number of piperidine rings is 1. The fourth-order valence-corrected chi connectivity index (χ4v) is 3.77. The van der Waals surface area contributed by atoms with Crippen LogP contribution in [0.25, 0.3) is 0 Å². The van der Waals surface area contributed by atoms with Crippen molar-refractivity contribution in [2.24, 2.45) is 5.92 Å². The lowest BCUT2D eigenvalue weighted by Gasteiger charge is -2.33. The number of nitrogens with zero attached hydrogens (tertiary/aromatic N) is 2. The highest BCUT2D eigenvalue weighted by molar-refractivity contribution is 5.76. The van der Waals surface area contributed by atoms with Gasteiger partial charge in [0.1, 0.15) is 5.60 Å².